The smallest absolute Gasteiger partial charge is 0.338 e. The maximum Gasteiger partial charge on any atom is 0.338 e. The summed E-state index contributed by atoms with van der Waals surface area (Å²) in [7, 11) is 3.83. The van der Waals surface area contributed by atoms with Crippen LogP contribution in [0.15, 0.2) is 42.5 Å². The number of carbonyl (C=O) groups excluding carboxylic acids is 2. The van der Waals surface area contributed by atoms with E-state index in [1.54, 1.807) is 24.3 Å². The molecule has 0 radical (unpaired) electrons. The van der Waals surface area contributed by atoms with Crippen LogP contribution in [-0.2, 0) is 16.1 Å². The highest BCUT2D eigenvalue weighted by molar-refractivity contribution is 5.91. The minimum atomic E-state index is -0.534. The van der Waals surface area contributed by atoms with E-state index in [2.05, 4.69) is 5.32 Å². The number of anilines is 1. The Kier molecular flexibility index (Phi) is 5.26. The Hall–Kier alpha value is -3.22. The highest BCUT2D eigenvalue weighted by Gasteiger charge is 2.14. The van der Waals surface area contributed by atoms with E-state index in [1.807, 2.05) is 37.2 Å². The lowest BCUT2D eigenvalue weighted by molar-refractivity contribution is -0.124. The van der Waals surface area contributed by atoms with Crippen LogP contribution in [0.3, 0.4) is 0 Å². The number of hydrogen-bond acceptors (Lipinski definition) is 6. The second kappa shape index (κ2) is 7.77. The zero-order valence-corrected chi connectivity index (χ0v) is 14.7. The number of carbonyl (C=O) groups is 2. The molecular formula is C19H20N2O5. The molecule has 0 spiro atoms. The number of nitrogens with zero attached hydrogens (tertiary/aromatic N) is 1. The number of benzene rings is 2. The summed E-state index contributed by atoms with van der Waals surface area (Å²) in [5, 5.41) is 2.70. The molecular weight excluding hydrogens is 336 g/mol. The minimum Gasteiger partial charge on any atom is -0.454 e. The zero-order chi connectivity index (χ0) is 18.5. The summed E-state index contributed by atoms with van der Waals surface area (Å²) < 4.78 is 15.6. The van der Waals surface area contributed by atoms with Crippen LogP contribution in [0.2, 0.25) is 0 Å². The van der Waals surface area contributed by atoms with Crippen molar-refractivity contribution in [3.05, 3.63) is 53.6 Å². The van der Waals surface area contributed by atoms with Crippen LogP contribution in [0.25, 0.3) is 0 Å². The number of esters is 1. The summed E-state index contributed by atoms with van der Waals surface area (Å²) in [4.78, 5) is 25.8. The fourth-order valence-corrected chi connectivity index (χ4v) is 2.41. The SMILES string of the molecule is CN(C)c1ccc(C(=O)OCC(=O)NCc2ccc3c(c2)OCO3)cc1. The van der Waals surface area contributed by atoms with E-state index in [4.69, 9.17) is 14.2 Å². The first-order chi connectivity index (χ1) is 12.5. The number of fused-ring (bicyclic) bond motifs is 1. The molecule has 0 unspecified atom stereocenters. The third-order valence-corrected chi connectivity index (χ3v) is 3.88. The quantitative estimate of drug-likeness (QED) is 0.798. The molecule has 7 heteroatoms. The maximum absolute atomic E-state index is 12.0. The minimum absolute atomic E-state index is 0.205. The average Bonchev–Trinajstić information content (AvgIpc) is 3.12. The van der Waals surface area contributed by atoms with Crippen LogP contribution in [0.5, 0.6) is 11.5 Å². The van der Waals surface area contributed by atoms with Gasteiger partial charge in [-0.3, -0.25) is 4.79 Å². The number of hydrogen-bond donors (Lipinski definition) is 1. The van der Waals surface area contributed by atoms with Gasteiger partial charge in [0.15, 0.2) is 18.1 Å². The second-order valence-corrected chi connectivity index (χ2v) is 5.98. The summed E-state index contributed by atoms with van der Waals surface area (Å²) in [5.74, 6) is 0.438. The van der Waals surface area contributed by atoms with Gasteiger partial charge < -0.3 is 24.4 Å². The van der Waals surface area contributed by atoms with Crippen LogP contribution < -0.4 is 19.7 Å². The molecule has 1 heterocycles. The number of nitrogens with one attached hydrogen (secondary N) is 1. The Morgan fingerprint density at radius 3 is 2.54 bits per heavy atom. The Morgan fingerprint density at radius 1 is 1.08 bits per heavy atom. The summed E-state index contributed by atoms with van der Waals surface area (Å²) in [5.41, 5.74) is 2.25. The van der Waals surface area contributed by atoms with Gasteiger partial charge in [0, 0.05) is 26.3 Å². The van der Waals surface area contributed by atoms with E-state index >= 15 is 0 Å². The zero-order valence-electron chi connectivity index (χ0n) is 14.7. The predicted molar refractivity (Wildman–Crippen MR) is 95.5 cm³/mol. The third kappa shape index (κ3) is 4.24. The molecule has 2 aromatic rings. The molecule has 0 saturated carbocycles. The van der Waals surface area contributed by atoms with Crippen molar-refractivity contribution in [2.45, 2.75) is 6.54 Å². The van der Waals surface area contributed by atoms with Crippen LogP contribution in [0.4, 0.5) is 5.69 Å². The van der Waals surface area contributed by atoms with Gasteiger partial charge in [0.05, 0.1) is 5.56 Å². The van der Waals surface area contributed by atoms with Crippen molar-refractivity contribution in [3.63, 3.8) is 0 Å². The second-order valence-electron chi connectivity index (χ2n) is 5.98. The van der Waals surface area contributed by atoms with Crippen molar-refractivity contribution >= 4 is 17.6 Å². The molecule has 7 nitrogen and oxygen atoms in total. The van der Waals surface area contributed by atoms with Crippen LogP contribution in [0.1, 0.15) is 15.9 Å². The molecule has 1 amide bonds. The van der Waals surface area contributed by atoms with Gasteiger partial charge in [0.1, 0.15) is 0 Å². The van der Waals surface area contributed by atoms with Gasteiger partial charge in [0.2, 0.25) is 6.79 Å². The van der Waals surface area contributed by atoms with Gasteiger partial charge in [-0.25, -0.2) is 4.79 Å². The van der Waals surface area contributed by atoms with Gasteiger partial charge in [-0.15, -0.1) is 0 Å². The highest BCUT2D eigenvalue weighted by atomic mass is 16.7. The third-order valence-electron chi connectivity index (χ3n) is 3.88. The van der Waals surface area contributed by atoms with Crippen molar-refractivity contribution < 1.29 is 23.8 Å². The van der Waals surface area contributed by atoms with E-state index in [0.29, 0.717) is 23.6 Å². The van der Waals surface area contributed by atoms with Crippen molar-refractivity contribution in [1.29, 1.82) is 0 Å². The lowest BCUT2D eigenvalue weighted by Gasteiger charge is -2.12. The highest BCUT2D eigenvalue weighted by Crippen LogP contribution is 2.32. The van der Waals surface area contributed by atoms with E-state index in [0.717, 1.165) is 11.3 Å². The average molecular weight is 356 g/mol. The fourth-order valence-electron chi connectivity index (χ4n) is 2.41. The first-order valence-corrected chi connectivity index (χ1v) is 8.12. The van der Waals surface area contributed by atoms with Crippen molar-refractivity contribution in [2.75, 3.05) is 32.4 Å². The Morgan fingerprint density at radius 2 is 1.81 bits per heavy atom. The van der Waals surface area contributed by atoms with E-state index in [1.165, 1.54) is 0 Å². The van der Waals surface area contributed by atoms with Gasteiger partial charge in [-0.05, 0) is 42.0 Å². The molecule has 26 heavy (non-hydrogen) atoms. The number of ether oxygens (including phenoxy) is 3. The van der Waals surface area contributed by atoms with Crippen molar-refractivity contribution in [3.8, 4) is 11.5 Å². The largest absolute Gasteiger partial charge is 0.454 e. The van der Waals surface area contributed by atoms with Crippen LogP contribution in [0, 0.1) is 0 Å². The van der Waals surface area contributed by atoms with Crippen molar-refractivity contribution in [1.82, 2.24) is 5.32 Å². The van der Waals surface area contributed by atoms with E-state index in [-0.39, 0.29) is 19.3 Å². The van der Waals surface area contributed by atoms with Gasteiger partial charge in [-0.1, -0.05) is 6.07 Å². The van der Waals surface area contributed by atoms with Gasteiger partial charge in [0.25, 0.3) is 5.91 Å². The van der Waals surface area contributed by atoms with Crippen LogP contribution >= 0.6 is 0 Å². The molecule has 0 fully saturated rings. The molecule has 1 aliphatic rings. The Labute approximate surface area is 151 Å². The monoisotopic (exact) mass is 356 g/mol. The maximum atomic E-state index is 12.0. The first kappa shape index (κ1) is 17.6. The lowest BCUT2D eigenvalue weighted by atomic mass is 10.2. The summed E-state index contributed by atoms with van der Waals surface area (Å²) in [6, 6.07) is 12.4. The Bertz CT molecular complexity index is 802. The topological polar surface area (TPSA) is 77.1 Å². The summed E-state index contributed by atoms with van der Waals surface area (Å²) in [6.07, 6.45) is 0. The number of amides is 1. The molecule has 2 aromatic carbocycles. The van der Waals surface area contributed by atoms with Gasteiger partial charge in [-0.2, -0.15) is 0 Å². The summed E-state index contributed by atoms with van der Waals surface area (Å²) >= 11 is 0. The fraction of sp³-hybridized carbons (Fsp3) is 0.263. The van der Waals surface area contributed by atoms with Crippen LogP contribution in [-0.4, -0.2) is 39.4 Å². The van der Waals surface area contributed by atoms with Crippen molar-refractivity contribution in [2.24, 2.45) is 0 Å². The van der Waals surface area contributed by atoms with E-state index in [9.17, 15) is 9.59 Å². The first-order valence-electron chi connectivity index (χ1n) is 8.12. The lowest BCUT2D eigenvalue weighted by Crippen LogP contribution is -2.28. The molecule has 0 saturated heterocycles. The number of rotatable bonds is 6. The standard InChI is InChI=1S/C19H20N2O5/c1-21(2)15-6-4-14(5-7-15)19(23)24-11-18(22)20-10-13-3-8-16-17(9-13)26-12-25-16/h3-9H,10-12H2,1-2H3,(H,20,22). The molecule has 1 aliphatic heterocycles. The predicted octanol–water partition coefficient (Wildman–Crippen LogP) is 1.95. The van der Waals surface area contributed by atoms with E-state index < -0.39 is 5.97 Å². The molecule has 3 rings (SSSR count). The molecule has 1 N–H and O–H groups in total. The Balaban J connectivity index is 1.45. The molecule has 0 aliphatic carbocycles. The molecule has 136 valence electrons. The normalized spacial score (nSPS) is 11.8. The van der Waals surface area contributed by atoms with Gasteiger partial charge >= 0.3 is 5.97 Å². The summed E-state index contributed by atoms with van der Waals surface area (Å²) in [6.45, 7) is 0.181. The molecule has 0 bridgehead atoms. The molecule has 0 atom stereocenters. The molecule has 0 aromatic heterocycles.